The van der Waals surface area contributed by atoms with Gasteiger partial charge in [0.25, 0.3) is 0 Å². The molecule has 12 heteroatoms. The van der Waals surface area contributed by atoms with Gasteiger partial charge in [-0.1, -0.05) is 11.3 Å². The maximum atomic E-state index is 15.3. The number of pyridine rings is 1. The zero-order valence-corrected chi connectivity index (χ0v) is 21.8. The summed E-state index contributed by atoms with van der Waals surface area (Å²) in [5.74, 6) is -0.283. The SMILES string of the molecule is CC(C)(C)OC(=O)NC1(c2ccc(-c3ccc(N4C[C@H](Cn5ccnn5)OC4=O)cc3F)cn2)[C@@H]2COC[C@@H]21. The molecule has 2 aromatic heterocycles. The standard InChI is InChI=1S/C27H29FN6O5/c1-26(2,3)39-24(35)31-27(20-14-37-15-21(20)27)23-7-4-16(11-29-23)19-6-5-17(10-22(19)28)34-13-18(38-25(34)36)12-33-9-8-30-32-33/h4-11,18,20-21H,12-15H2,1-3H3,(H,31,35)/t18-,20-,21+,27?/m0/s1. The molecule has 3 fully saturated rings. The zero-order valence-electron chi connectivity index (χ0n) is 21.8. The lowest BCUT2D eigenvalue weighted by Crippen LogP contribution is -2.43. The van der Waals surface area contributed by atoms with Crippen molar-refractivity contribution in [3.8, 4) is 11.1 Å². The Morgan fingerprint density at radius 3 is 2.67 bits per heavy atom. The fourth-order valence-electron chi connectivity index (χ4n) is 5.53. The number of rotatable bonds is 6. The van der Waals surface area contributed by atoms with Gasteiger partial charge in [-0.15, -0.1) is 5.10 Å². The van der Waals surface area contributed by atoms with E-state index < -0.39 is 35.2 Å². The molecule has 1 saturated carbocycles. The molecule has 2 aliphatic heterocycles. The number of aromatic nitrogens is 4. The first-order valence-corrected chi connectivity index (χ1v) is 12.8. The van der Waals surface area contributed by atoms with Crippen molar-refractivity contribution in [2.24, 2.45) is 11.8 Å². The van der Waals surface area contributed by atoms with Crippen molar-refractivity contribution >= 4 is 17.9 Å². The Morgan fingerprint density at radius 2 is 2.03 bits per heavy atom. The van der Waals surface area contributed by atoms with Crippen LogP contribution in [-0.2, 0) is 26.3 Å². The predicted molar refractivity (Wildman–Crippen MR) is 136 cm³/mol. The predicted octanol–water partition coefficient (Wildman–Crippen LogP) is 3.50. The average molecular weight is 537 g/mol. The highest BCUT2D eigenvalue weighted by Gasteiger charge is 2.70. The molecular formula is C27H29FN6O5. The van der Waals surface area contributed by atoms with E-state index in [1.807, 2.05) is 26.8 Å². The van der Waals surface area contributed by atoms with E-state index in [0.29, 0.717) is 42.3 Å². The van der Waals surface area contributed by atoms with E-state index in [1.165, 1.54) is 11.0 Å². The van der Waals surface area contributed by atoms with Crippen molar-refractivity contribution in [1.82, 2.24) is 25.3 Å². The van der Waals surface area contributed by atoms with Gasteiger partial charge in [-0.25, -0.2) is 18.7 Å². The molecule has 1 aliphatic carbocycles. The van der Waals surface area contributed by atoms with Crippen LogP contribution >= 0.6 is 0 Å². The highest BCUT2D eigenvalue weighted by molar-refractivity contribution is 5.90. The maximum Gasteiger partial charge on any atom is 0.414 e. The van der Waals surface area contributed by atoms with Gasteiger partial charge in [-0.3, -0.25) is 9.88 Å². The number of ether oxygens (including phenoxy) is 3. The lowest BCUT2D eigenvalue weighted by molar-refractivity contribution is 0.0447. The number of halogens is 1. The minimum atomic E-state index is -0.666. The van der Waals surface area contributed by atoms with Gasteiger partial charge in [0.15, 0.2) is 0 Å². The second-order valence-electron chi connectivity index (χ2n) is 11.1. The number of nitrogens with zero attached hydrogens (tertiary/aromatic N) is 5. The summed E-state index contributed by atoms with van der Waals surface area (Å²) in [6.07, 6.45) is 3.36. The Hall–Kier alpha value is -4.06. The quantitative estimate of drug-likeness (QED) is 0.508. The van der Waals surface area contributed by atoms with Crippen LogP contribution < -0.4 is 10.2 Å². The largest absolute Gasteiger partial charge is 0.444 e. The number of anilines is 1. The molecule has 1 unspecified atom stereocenters. The van der Waals surface area contributed by atoms with Gasteiger partial charge in [0, 0.05) is 35.4 Å². The van der Waals surface area contributed by atoms with Gasteiger partial charge in [0.2, 0.25) is 0 Å². The number of fused-ring (bicyclic) bond motifs is 1. The first kappa shape index (κ1) is 25.2. The molecule has 1 aromatic carbocycles. The fourth-order valence-corrected chi connectivity index (χ4v) is 5.53. The second-order valence-corrected chi connectivity index (χ2v) is 11.1. The van der Waals surface area contributed by atoms with Crippen LogP contribution in [0.25, 0.3) is 11.1 Å². The van der Waals surface area contributed by atoms with E-state index in [9.17, 15) is 9.59 Å². The van der Waals surface area contributed by atoms with Gasteiger partial charge < -0.3 is 19.5 Å². The molecule has 0 spiro atoms. The van der Waals surface area contributed by atoms with Gasteiger partial charge in [-0.2, -0.15) is 0 Å². The average Bonchev–Trinajstić information content (AvgIpc) is 3.42. The molecule has 0 bridgehead atoms. The number of nitrogens with one attached hydrogen (secondary N) is 1. The molecule has 39 heavy (non-hydrogen) atoms. The summed E-state index contributed by atoms with van der Waals surface area (Å²) >= 11 is 0. The Labute approximate surface area is 224 Å². The number of carbonyl (C=O) groups is 2. The van der Waals surface area contributed by atoms with Crippen molar-refractivity contribution in [3.63, 3.8) is 0 Å². The molecule has 4 atom stereocenters. The smallest absolute Gasteiger partial charge is 0.414 e. The van der Waals surface area contributed by atoms with Crippen molar-refractivity contribution in [2.45, 2.75) is 44.6 Å². The molecule has 4 heterocycles. The third-order valence-electron chi connectivity index (χ3n) is 7.35. The first-order valence-electron chi connectivity index (χ1n) is 12.8. The van der Waals surface area contributed by atoms with Crippen LogP contribution in [0.4, 0.5) is 19.7 Å². The molecule has 2 amide bonds. The summed E-state index contributed by atoms with van der Waals surface area (Å²) in [5.41, 5.74) is 0.712. The number of carbonyl (C=O) groups excluding carboxylic acids is 2. The monoisotopic (exact) mass is 536 g/mol. The normalized spacial score (nSPS) is 25.8. The maximum absolute atomic E-state index is 15.3. The van der Waals surface area contributed by atoms with Crippen LogP contribution in [-0.4, -0.2) is 63.6 Å². The molecule has 6 rings (SSSR count). The number of benzene rings is 1. The third-order valence-corrected chi connectivity index (χ3v) is 7.35. The van der Waals surface area contributed by atoms with Crippen LogP contribution in [0.5, 0.6) is 0 Å². The summed E-state index contributed by atoms with van der Waals surface area (Å²) in [6, 6.07) is 8.21. The van der Waals surface area contributed by atoms with Crippen molar-refractivity contribution < 1.29 is 28.2 Å². The summed E-state index contributed by atoms with van der Waals surface area (Å²) < 4.78 is 33.3. The van der Waals surface area contributed by atoms with E-state index in [2.05, 4.69) is 20.6 Å². The molecule has 1 N–H and O–H groups in total. The van der Waals surface area contributed by atoms with Gasteiger partial charge in [0.1, 0.15) is 17.5 Å². The molecule has 204 valence electrons. The summed E-state index contributed by atoms with van der Waals surface area (Å²) in [7, 11) is 0. The van der Waals surface area contributed by atoms with Crippen LogP contribution in [0, 0.1) is 17.7 Å². The minimum absolute atomic E-state index is 0.105. The number of cyclic esters (lactones) is 1. The van der Waals surface area contributed by atoms with Crippen LogP contribution in [0.15, 0.2) is 48.9 Å². The number of hydrogen-bond acceptors (Lipinski definition) is 8. The molecular weight excluding hydrogens is 507 g/mol. The zero-order chi connectivity index (χ0) is 27.4. The Kier molecular flexibility index (Phi) is 6.01. The van der Waals surface area contributed by atoms with E-state index in [-0.39, 0.29) is 18.4 Å². The van der Waals surface area contributed by atoms with Crippen molar-refractivity contribution in [1.29, 1.82) is 0 Å². The van der Waals surface area contributed by atoms with E-state index >= 15 is 4.39 Å². The van der Waals surface area contributed by atoms with E-state index in [1.54, 1.807) is 41.5 Å². The Morgan fingerprint density at radius 1 is 1.23 bits per heavy atom. The number of alkyl carbamates (subject to hydrolysis) is 1. The minimum Gasteiger partial charge on any atom is -0.444 e. The topological polar surface area (TPSA) is 121 Å². The lowest BCUT2D eigenvalue weighted by Gasteiger charge is -2.26. The number of amides is 2. The Balaban J connectivity index is 1.18. The summed E-state index contributed by atoms with van der Waals surface area (Å²) in [6.45, 7) is 7.12. The second kappa shape index (κ2) is 9.30. The van der Waals surface area contributed by atoms with Gasteiger partial charge in [0.05, 0.1) is 49.4 Å². The van der Waals surface area contributed by atoms with E-state index in [0.717, 1.165) is 0 Å². The molecule has 11 nitrogen and oxygen atoms in total. The highest BCUT2D eigenvalue weighted by atomic mass is 19.1. The molecule has 2 saturated heterocycles. The van der Waals surface area contributed by atoms with Crippen LogP contribution in [0.1, 0.15) is 26.5 Å². The van der Waals surface area contributed by atoms with Gasteiger partial charge in [-0.05, 0) is 45.0 Å². The fraction of sp³-hybridized carbons (Fsp3) is 0.444. The molecule has 3 aliphatic rings. The van der Waals surface area contributed by atoms with E-state index in [4.69, 9.17) is 14.2 Å². The highest BCUT2D eigenvalue weighted by Crippen LogP contribution is 2.60. The lowest BCUT2D eigenvalue weighted by atomic mass is 10.0. The van der Waals surface area contributed by atoms with Gasteiger partial charge >= 0.3 is 12.2 Å². The van der Waals surface area contributed by atoms with Crippen LogP contribution in [0.3, 0.4) is 0 Å². The number of hydrogen-bond donors (Lipinski definition) is 1. The summed E-state index contributed by atoms with van der Waals surface area (Å²) in [5, 5.41) is 10.7. The summed E-state index contributed by atoms with van der Waals surface area (Å²) in [4.78, 5) is 31.1. The van der Waals surface area contributed by atoms with Crippen molar-refractivity contribution in [3.05, 3.63) is 60.4 Å². The first-order chi connectivity index (χ1) is 18.6. The molecule has 3 aromatic rings. The Bertz CT molecular complexity index is 1380. The molecule has 0 radical (unpaired) electrons. The third kappa shape index (κ3) is 4.69. The van der Waals surface area contributed by atoms with Crippen molar-refractivity contribution in [2.75, 3.05) is 24.7 Å². The van der Waals surface area contributed by atoms with Crippen LogP contribution in [0.2, 0.25) is 0 Å².